The number of hydrogen-bond acceptors (Lipinski definition) is 4. The van der Waals surface area contributed by atoms with Gasteiger partial charge >= 0.3 is 0 Å². The van der Waals surface area contributed by atoms with Gasteiger partial charge in [-0.3, -0.25) is 4.79 Å². The van der Waals surface area contributed by atoms with Crippen LogP contribution >= 0.6 is 0 Å². The van der Waals surface area contributed by atoms with E-state index in [1.165, 1.54) is 26.2 Å². The Balaban J connectivity index is 1.71. The van der Waals surface area contributed by atoms with Crippen molar-refractivity contribution >= 4 is 21.6 Å². The Morgan fingerprint density at radius 2 is 1.70 bits per heavy atom. The number of carbonyl (C=O) groups excluding carboxylic acids is 1. The highest BCUT2D eigenvalue weighted by Gasteiger charge is 2.18. The molecule has 0 bridgehead atoms. The summed E-state index contributed by atoms with van der Waals surface area (Å²) in [5.74, 6) is 0.225. The molecule has 0 aliphatic rings. The number of anilines is 1. The first-order valence-electron chi connectivity index (χ1n) is 9.38. The molecule has 1 amide bonds. The average Bonchev–Trinajstić information content (AvgIpc) is 2.72. The van der Waals surface area contributed by atoms with Crippen molar-refractivity contribution in [1.29, 1.82) is 0 Å². The first kappa shape index (κ1) is 21.5. The Labute approximate surface area is 177 Å². The van der Waals surface area contributed by atoms with Crippen molar-refractivity contribution in [3.8, 4) is 5.75 Å². The normalized spacial score (nSPS) is 11.3. The Morgan fingerprint density at radius 3 is 2.43 bits per heavy atom. The molecule has 6 nitrogen and oxygen atoms in total. The molecule has 30 heavy (non-hydrogen) atoms. The number of carbonyl (C=O) groups is 1. The van der Waals surface area contributed by atoms with Gasteiger partial charge in [0.1, 0.15) is 12.4 Å². The molecule has 3 aromatic carbocycles. The van der Waals surface area contributed by atoms with Crippen LogP contribution in [0.1, 0.15) is 21.5 Å². The molecule has 3 aromatic rings. The van der Waals surface area contributed by atoms with Gasteiger partial charge in [0, 0.05) is 25.3 Å². The Kier molecular flexibility index (Phi) is 6.54. The third kappa shape index (κ3) is 5.25. The fourth-order valence-corrected chi connectivity index (χ4v) is 3.79. The summed E-state index contributed by atoms with van der Waals surface area (Å²) in [4.78, 5) is 12.8. The van der Waals surface area contributed by atoms with Crippen LogP contribution in [0.5, 0.6) is 5.75 Å². The van der Waals surface area contributed by atoms with E-state index in [9.17, 15) is 13.2 Å². The number of sulfonamides is 1. The predicted octanol–water partition coefficient (Wildman–Crippen LogP) is 4.08. The molecule has 0 aromatic heterocycles. The first-order valence-corrected chi connectivity index (χ1v) is 10.8. The zero-order valence-electron chi connectivity index (χ0n) is 17.1. The molecule has 0 aliphatic carbocycles. The molecule has 0 saturated carbocycles. The van der Waals surface area contributed by atoms with Gasteiger partial charge in [-0.25, -0.2) is 12.7 Å². The number of rotatable bonds is 7. The number of aryl methyl sites for hydroxylation is 1. The minimum Gasteiger partial charge on any atom is -0.489 e. The van der Waals surface area contributed by atoms with E-state index in [1.807, 2.05) is 31.2 Å². The molecule has 0 saturated heterocycles. The molecule has 0 spiro atoms. The minimum atomic E-state index is -3.58. The molecule has 7 heteroatoms. The van der Waals surface area contributed by atoms with Gasteiger partial charge in [-0.15, -0.1) is 0 Å². The number of benzene rings is 3. The SMILES string of the molecule is Cc1cccc(COc2cccc(C(=O)Nc3cccc(S(=O)(=O)N(C)C)c3)c2)c1. The van der Waals surface area contributed by atoms with E-state index in [-0.39, 0.29) is 10.8 Å². The summed E-state index contributed by atoms with van der Waals surface area (Å²) in [5.41, 5.74) is 3.01. The van der Waals surface area contributed by atoms with Crippen LogP contribution in [-0.4, -0.2) is 32.7 Å². The molecule has 156 valence electrons. The van der Waals surface area contributed by atoms with Crippen molar-refractivity contribution < 1.29 is 17.9 Å². The van der Waals surface area contributed by atoms with Crippen molar-refractivity contribution in [1.82, 2.24) is 4.31 Å². The van der Waals surface area contributed by atoms with Gasteiger partial charge in [-0.1, -0.05) is 42.0 Å². The quantitative estimate of drug-likeness (QED) is 0.620. The molecular formula is C23H24N2O4S. The molecule has 0 fully saturated rings. The largest absolute Gasteiger partial charge is 0.489 e. The van der Waals surface area contributed by atoms with Crippen LogP contribution in [0.25, 0.3) is 0 Å². The van der Waals surface area contributed by atoms with Gasteiger partial charge in [0.05, 0.1) is 4.90 Å². The van der Waals surface area contributed by atoms with E-state index in [4.69, 9.17) is 4.74 Å². The Morgan fingerprint density at radius 1 is 0.967 bits per heavy atom. The molecule has 0 radical (unpaired) electrons. The molecule has 0 aliphatic heterocycles. The van der Waals surface area contributed by atoms with Crippen molar-refractivity contribution in [3.63, 3.8) is 0 Å². The average molecular weight is 425 g/mol. The van der Waals surface area contributed by atoms with Gasteiger partial charge < -0.3 is 10.1 Å². The molecule has 0 unspecified atom stereocenters. The predicted molar refractivity (Wildman–Crippen MR) is 117 cm³/mol. The number of nitrogens with zero attached hydrogens (tertiary/aromatic N) is 1. The zero-order chi connectivity index (χ0) is 21.7. The van der Waals surface area contributed by atoms with Crippen LogP contribution < -0.4 is 10.1 Å². The summed E-state index contributed by atoms with van der Waals surface area (Å²) in [6.45, 7) is 2.42. The van der Waals surface area contributed by atoms with Crippen LogP contribution in [-0.2, 0) is 16.6 Å². The number of nitrogens with one attached hydrogen (secondary N) is 1. The maximum Gasteiger partial charge on any atom is 0.255 e. The molecule has 3 rings (SSSR count). The minimum absolute atomic E-state index is 0.112. The van der Waals surface area contributed by atoms with Gasteiger partial charge in [0.15, 0.2) is 0 Å². The number of hydrogen-bond donors (Lipinski definition) is 1. The fraction of sp³-hybridized carbons (Fsp3) is 0.174. The monoisotopic (exact) mass is 424 g/mol. The van der Waals surface area contributed by atoms with Gasteiger partial charge in [0.25, 0.3) is 5.91 Å². The summed E-state index contributed by atoms with van der Waals surface area (Å²) in [6, 6.07) is 21.1. The van der Waals surface area contributed by atoms with E-state index < -0.39 is 10.0 Å². The topological polar surface area (TPSA) is 75.7 Å². The Bertz CT molecular complexity index is 1160. The molecular weight excluding hydrogens is 400 g/mol. The number of amides is 1. The van der Waals surface area contributed by atoms with E-state index in [2.05, 4.69) is 5.32 Å². The second-order valence-electron chi connectivity index (χ2n) is 7.07. The van der Waals surface area contributed by atoms with Crippen molar-refractivity contribution in [2.45, 2.75) is 18.4 Å². The highest BCUT2D eigenvalue weighted by Crippen LogP contribution is 2.20. The van der Waals surface area contributed by atoms with Crippen LogP contribution in [0, 0.1) is 6.92 Å². The van der Waals surface area contributed by atoms with Crippen LogP contribution in [0.15, 0.2) is 77.7 Å². The van der Waals surface area contributed by atoms with Crippen LogP contribution in [0.3, 0.4) is 0 Å². The molecule has 0 atom stereocenters. The summed E-state index contributed by atoms with van der Waals surface area (Å²) in [7, 11) is -0.659. The zero-order valence-corrected chi connectivity index (χ0v) is 17.9. The van der Waals surface area contributed by atoms with Crippen molar-refractivity contribution in [2.75, 3.05) is 19.4 Å². The summed E-state index contributed by atoms with van der Waals surface area (Å²) < 4.78 is 31.5. The van der Waals surface area contributed by atoms with E-state index in [0.717, 1.165) is 15.4 Å². The Hall–Kier alpha value is -3.16. The third-order valence-corrected chi connectivity index (χ3v) is 6.27. The van der Waals surface area contributed by atoms with Crippen LogP contribution in [0.4, 0.5) is 5.69 Å². The summed E-state index contributed by atoms with van der Waals surface area (Å²) >= 11 is 0. The lowest BCUT2D eigenvalue weighted by Gasteiger charge is -2.13. The second kappa shape index (κ2) is 9.11. The standard InChI is InChI=1S/C23H24N2O4S/c1-17-7-4-8-18(13-17)16-29-21-11-5-9-19(14-21)23(26)24-20-10-6-12-22(15-20)30(27,28)25(2)3/h4-15H,16H2,1-3H3,(H,24,26). The van der Waals surface area contributed by atoms with E-state index in [1.54, 1.807) is 36.4 Å². The fourth-order valence-electron chi connectivity index (χ4n) is 2.84. The van der Waals surface area contributed by atoms with Crippen LogP contribution in [0.2, 0.25) is 0 Å². The smallest absolute Gasteiger partial charge is 0.255 e. The van der Waals surface area contributed by atoms with Crippen molar-refractivity contribution in [2.24, 2.45) is 0 Å². The van der Waals surface area contributed by atoms with E-state index >= 15 is 0 Å². The second-order valence-corrected chi connectivity index (χ2v) is 9.23. The summed E-state index contributed by atoms with van der Waals surface area (Å²) in [5, 5.41) is 2.74. The first-order chi connectivity index (χ1) is 14.3. The lowest BCUT2D eigenvalue weighted by atomic mass is 10.1. The van der Waals surface area contributed by atoms with Gasteiger partial charge in [-0.05, 0) is 48.9 Å². The lowest BCUT2D eigenvalue weighted by Crippen LogP contribution is -2.22. The third-order valence-electron chi connectivity index (χ3n) is 4.45. The molecule has 0 heterocycles. The lowest BCUT2D eigenvalue weighted by molar-refractivity contribution is 0.102. The van der Waals surface area contributed by atoms with Gasteiger partial charge in [-0.2, -0.15) is 0 Å². The highest BCUT2D eigenvalue weighted by atomic mass is 32.2. The van der Waals surface area contributed by atoms with Crippen molar-refractivity contribution in [3.05, 3.63) is 89.5 Å². The number of ether oxygens (including phenoxy) is 1. The maximum atomic E-state index is 12.7. The maximum absolute atomic E-state index is 12.7. The van der Waals surface area contributed by atoms with E-state index in [0.29, 0.717) is 23.6 Å². The molecule has 1 N–H and O–H groups in total. The summed E-state index contributed by atoms with van der Waals surface area (Å²) in [6.07, 6.45) is 0. The highest BCUT2D eigenvalue weighted by molar-refractivity contribution is 7.89. The van der Waals surface area contributed by atoms with Gasteiger partial charge in [0.2, 0.25) is 10.0 Å².